The molecule has 3 aromatic rings. The van der Waals surface area contributed by atoms with Crippen LogP contribution in [0.15, 0.2) is 29.6 Å². The lowest BCUT2D eigenvalue weighted by atomic mass is 9.70. The van der Waals surface area contributed by atoms with Gasteiger partial charge in [0, 0.05) is 28.8 Å². The first-order chi connectivity index (χ1) is 17.9. The summed E-state index contributed by atoms with van der Waals surface area (Å²) in [5, 5.41) is 11.0. The van der Waals surface area contributed by atoms with Crippen molar-refractivity contribution in [3.8, 4) is 11.5 Å². The molecule has 0 aliphatic heterocycles. The van der Waals surface area contributed by atoms with Crippen LogP contribution in [0.2, 0.25) is 0 Å². The van der Waals surface area contributed by atoms with E-state index in [-0.39, 0.29) is 28.0 Å². The number of fused-ring (bicyclic) bond motifs is 3. The third-order valence-electron chi connectivity index (χ3n) is 9.12. The van der Waals surface area contributed by atoms with Crippen molar-refractivity contribution in [1.82, 2.24) is 13.9 Å². The monoisotopic (exact) mass is 561 g/mol. The standard InChI is InChI=1S/C27H35N3O6S2/c1-16-13-28-21(17(2)24(16)36-6)14-37(32)25-29-20-8-7-19(35-5)12-22(20)30(25)38(33,34)15-27-10-9-18(11-23(27)31)26(27,3)4/h7-8,12-13,18,23,31H,9-11,14-15H2,1-6H3/t18?,23?,27?,37-/m0/s1. The van der Waals surface area contributed by atoms with Crippen LogP contribution in [0.3, 0.4) is 0 Å². The van der Waals surface area contributed by atoms with Gasteiger partial charge in [-0.25, -0.2) is 17.4 Å². The highest BCUT2D eigenvalue weighted by molar-refractivity contribution is 7.91. The zero-order valence-corrected chi connectivity index (χ0v) is 24.3. The van der Waals surface area contributed by atoms with Crippen LogP contribution in [0.4, 0.5) is 0 Å². The van der Waals surface area contributed by atoms with Gasteiger partial charge in [0.25, 0.3) is 0 Å². The number of pyridine rings is 1. The van der Waals surface area contributed by atoms with E-state index in [1.54, 1.807) is 31.5 Å². The molecule has 2 bridgehead atoms. The van der Waals surface area contributed by atoms with Gasteiger partial charge >= 0.3 is 0 Å². The topological polar surface area (TPSA) is 121 Å². The molecule has 3 unspecified atom stereocenters. The molecule has 5 rings (SSSR count). The minimum Gasteiger partial charge on any atom is -0.497 e. The zero-order chi connectivity index (χ0) is 27.6. The smallest absolute Gasteiger partial charge is 0.241 e. The van der Waals surface area contributed by atoms with Crippen molar-refractivity contribution in [2.75, 3.05) is 20.0 Å². The van der Waals surface area contributed by atoms with Crippen molar-refractivity contribution in [2.45, 2.75) is 64.0 Å². The number of nitrogens with zero attached hydrogens (tertiary/aromatic N) is 3. The molecule has 38 heavy (non-hydrogen) atoms. The number of methoxy groups -OCH3 is 2. The number of aromatic nitrogens is 3. The Morgan fingerprint density at radius 1 is 1.21 bits per heavy atom. The fraction of sp³-hybridized carbons (Fsp3) is 0.556. The molecule has 4 atom stereocenters. The molecule has 11 heteroatoms. The first-order valence-electron chi connectivity index (χ1n) is 12.7. The molecule has 2 fully saturated rings. The Hall–Kier alpha value is -2.50. The molecule has 206 valence electrons. The van der Waals surface area contributed by atoms with E-state index in [0.29, 0.717) is 41.1 Å². The number of hydrogen-bond donors (Lipinski definition) is 1. The van der Waals surface area contributed by atoms with Gasteiger partial charge in [-0.15, -0.1) is 0 Å². The highest BCUT2D eigenvalue weighted by atomic mass is 32.2. The lowest BCUT2D eigenvalue weighted by molar-refractivity contribution is 0.0152. The SMILES string of the molecule is COc1ccc2nc([S@@](=O)Cc3ncc(C)c(OC)c3C)n(S(=O)(=O)CC34CCC(CC3O)C4(C)C)c2c1. The van der Waals surface area contributed by atoms with Crippen molar-refractivity contribution < 1.29 is 27.2 Å². The molecule has 2 aliphatic carbocycles. The second kappa shape index (κ2) is 9.31. The van der Waals surface area contributed by atoms with Crippen molar-refractivity contribution in [1.29, 1.82) is 0 Å². The quantitative estimate of drug-likeness (QED) is 0.442. The number of rotatable bonds is 8. The molecule has 0 radical (unpaired) electrons. The molecule has 0 saturated heterocycles. The van der Waals surface area contributed by atoms with E-state index >= 15 is 0 Å². The van der Waals surface area contributed by atoms with Gasteiger partial charge in [0.1, 0.15) is 11.5 Å². The molecule has 2 saturated carbocycles. The second-order valence-corrected chi connectivity index (χ2v) is 14.3. The Kier molecular flexibility index (Phi) is 6.63. The first kappa shape index (κ1) is 27.1. The summed E-state index contributed by atoms with van der Waals surface area (Å²) in [7, 11) is -2.87. The Labute approximate surface area is 226 Å². The van der Waals surface area contributed by atoms with E-state index in [9.17, 15) is 17.7 Å². The Morgan fingerprint density at radius 3 is 2.55 bits per heavy atom. The Balaban J connectivity index is 1.63. The fourth-order valence-electron chi connectivity index (χ4n) is 6.73. The van der Waals surface area contributed by atoms with Gasteiger partial charge in [0.05, 0.1) is 59.4 Å². The second-order valence-electron chi connectivity index (χ2n) is 11.2. The summed E-state index contributed by atoms with van der Waals surface area (Å²) in [4.78, 5) is 8.99. The molecule has 2 heterocycles. The maximum absolute atomic E-state index is 14.3. The largest absolute Gasteiger partial charge is 0.497 e. The zero-order valence-electron chi connectivity index (χ0n) is 22.6. The molecule has 0 spiro atoms. The number of benzene rings is 1. The Morgan fingerprint density at radius 2 is 1.95 bits per heavy atom. The van der Waals surface area contributed by atoms with Crippen LogP contribution in [0.1, 0.15) is 49.9 Å². The third-order valence-corrected chi connectivity index (χ3v) is 12.3. The molecule has 1 aromatic carbocycles. The molecular weight excluding hydrogens is 526 g/mol. The van der Waals surface area contributed by atoms with Gasteiger partial charge in [-0.1, -0.05) is 13.8 Å². The van der Waals surface area contributed by atoms with E-state index < -0.39 is 32.3 Å². The summed E-state index contributed by atoms with van der Waals surface area (Å²) in [6.07, 6.45) is 3.06. The summed E-state index contributed by atoms with van der Waals surface area (Å²) in [5.74, 6) is 1.11. The summed E-state index contributed by atoms with van der Waals surface area (Å²) in [6.45, 7) is 7.84. The molecule has 9 nitrogen and oxygen atoms in total. The lowest BCUT2D eigenvalue weighted by Crippen LogP contribution is -2.45. The summed E-state index contributed by atoms with van der Waals surface area (Å²) < 4.78 is 54.3. The number of imidazole rings is 1. The van der Waals surface area contributed by atoms with Crippen LogP contribution in [0.25, 0.3) is 11.0 Å². The van der Waals surface area contributed by atoms with Crippen LogP contribution in [-0.4, -0.2) is 57.8 Å². The molecular formula is C27H35N3O6S2. The van der Waals surface area contributed by atoms with E-state index in [1.807, 2.05) is 13.8 Å². The molecule has 2 aliphatic rings. The van der Waals surface area contributed by atoms with Gasteiger partial charge in [0.15, 0.2) is 0 Å². The Bertz CT molecular complexity index is 1550. The van der Waals surface area contributed by atoms with E-state index in [1.165, 1.54) is 7.11 Å². The predicted octanol–water partition coefficient (Wildman–Crippen LogP) is 3.74. The maximum atomic E-state index is 14.3. The van der Waals surface area contributed by atoms with Crippen LogP contribution in [0, 0.1) is 30.6 Å². The van der Waals surface area contributed by atoms with Gasteiger partial charge in [0.2, 0.25) is 15.2 Å². The summed E-state index contributed by atoms with van der Waals surface area (Å²) in [5.41, 5.74) is 1.73. The van der Waals surface area contributed by atoms with E-state index in [2.05, 4.69) is 23.8 Å². The summed E-state index contributed by atoms with van der Waals surface area (Å²) >= 11 is 0. The van der Waals surface area contributed by atoms with Gasteiger partial charge in [-0.3, -0.25) is 9.19 Å². The highest BCUT2D eigenvalue weighted by Gasteiger charge is 2.65. The number of aryl methyl sites for hydroxylation is 1. The minimum atomic E-state index is -4.10. The van der Waals surface area contributed by atoms with Crippen molar-refractivity contribution in [2.24, 2.45) is 16.7 Å². The summed E-state index contributed by atoms with van der Waals surface area (Å²) in [6, 6.07) is 4.96. The normalized spacial score (nSPS) is 25.1. The van der Waals surface area contributed by atoms with Crippen LogP contribution >= 0.6 is 0 Å². The number of aliphatic hydroxyl groups excluding tert-OH is 1. The molecule has 1 N–H and O–H groups in total. The number of hydrogen-bond acceptors (Lipinski definition) is 8. The third kappa shape index (κ3) is 3.96. The van der Waals surface area contributed by atoms with Crippen LogP contribution in [-0.2, 0) is 26.6 Å². The van der Waals surface area contributed by atoms with E-state index in [0.717, 1.165) is 21.5 Å². The van der Waals surface area contributed by atoms with E-state index in [4.69, 9.17) is 9.47 Å². The van der Waals surface area contributed by atoms with Crippen molar-refractivity contribution >= 4 is 31.9 Å². The highest BCUT2D eigenvalue weighted by Crippen LogP contribution is 2.66. The predicted molar refractivity (Wildman–Crippen MR) is 145 cm³/mol. The van der Waals surface area contributed by atoms with Crippen LogP contribution < -0.4 is 9.47 Å². The number of aliphatic hydroxyl groups is 1. The average Bonchev–Trinajstić information content (AvgIpc) is 3.42. The van der Waals surface area contributed by atoms with Gasteiger partial charge in [-0.2, -0.15) is 0 Å². The molecule has 2 aromatic heterocycles. The maximum Gasteiger partial charge on any atom is 0.241 e. The first-order valence-corrected chi connectivity index (χ1v) is 15.6. The van der Waals surface area contributed by atoms with Crippen molar-refractivity contribution in [3.63, 3.8) is 0 Å². The lowest BCUT2D eigenvalue weighted by Gasteiger charge is -2.40. The minimum absolute atomic E-state index is 0.0280. The number of ether oxygens (including phenoxy) is 2. The van der Waals surface area contributed by atoms with Gasteiger partial charge in [-0.05, 0) is 56.6 Å². The fourth-order valence-corrected chi connectivity index (χ4v) is 10.7. The molecule has 0 amide bonds. The van der Waals surface area contributed by atoms with Crippen LogP contribution in [0.5, 0.6) is 11.5 Å². The average molecular weight is 562 g/mol. The van der Waals surface area contributed by atoms with Crippen molar-refractivity contribution in [3.05, 3.63) is 41.2 Å². The van der Waals surface area contributed by atoms with Gasteiger partial charge < -0.3 is 14.6 Å².